The van der Waals surface area contributed by atoms with Crippen LogP contribution in [-0.2, 0) is 6.42 Å². The molecule has 104 valence electrons. The molecule has 3 rings (SSSR count). The van der Waals surface area contributed by atoms with Gasteiger partial charge in [-0.1, -0.05) is 17.7 Å². The fraction of sp³-hybridized carbons (Fsp3) is 0.286. The maximum Gasteiger partial charge on any atom is 0.115 e. The Balaban J connectivity index is 2.23. The second kappa shape index (κ2) is 5.72. The first-order chi connectivity index (χ1) is 9.72. The van der Waals surface area contributed by atoms with E-state index in [0.717, 1.165) is 21.9 Å². The molecule has 0 aliphatic rings. The quantitative estimate of drug-likeness (QED) is 0.659. The van der Waals surface area contributed by atoms with Crippen molar-refractivity contribution in [2.45, 2.75) is 19.4 Å². The summed E-state index contributed by atoms with van der Waals surface area (Å²) in [6.45, 7) is 2.11. The molecule has 0 aliphatic heterocycles. The van der Waals surface area contributed by atoms with Gasteiger partial charge in [0.25, 0.3) is 0 Å². The SMILES string of the molecule is CC(c1nccs1)n1c(CCCl)nc2cccc(Cl)c21. The van der Waals surface area contributed by atoms with Gasteiger partial charge in [-0.15, -0.1) is 22.9 Å². The van der Waals surface area contributed by atoms with E-state index in [9.17, 15) is 0 Å². The van der Waals surface area contributed by atoms with Crippen molar-refractivity contribution in [1.29, 1.82) is 0 Å². The number of aryl methyl sites for hydroxylation is 1. The van der Waals surface area contributed by atoms with E-state index in [1.54, 1.807) is 11.3 Å². The van der Waals surface area contributed by atoms with Gasteiger partial charge in [-0.2, -0.15) is 0 Å². The van der Waals surface area contributed by atoms with Crippen molar-refractivity contribution in [3.05, 3.63) is 45.6 Å². The van der Waals surface area contributed by atoms with E-state index >= 15 is 0 Å². The standard InChI is InChI=1S/C14H13Cl2N3S/c1-9(14-17-7-8-20-14)19-12(5-6-15)18-11-4-2-3-10(16)13(11)19/h2-4,7-9H,5-6H2,1H3. The van der Waals surface area contributed by atoms with Crippen LogP contribution in [0.25, 0.3) is 11.0 Å². The number of alkyl halides is 1. The zero-order chi connectivity index (χ0) is 14.1. The summed E-state index contributed by atoms with van der Waals surface area (Å²) in [5, 5.41) is 3.73. The van der Waals surface area contributed by atoms with Crippen LogP contribution in [0.1, 0.15) is 23.8 Å². The zero-order valence-electron chi connectivity index (χ0n) is 10.9. The first kappa shape index (κ1) is 13.9. The van der Waals surface area contributed by atoms with E-state index in [-0.39, 0.29) is 6.04 Å². The number of thiazole rings is 1. The molecular formula is C14H13Cl2N3S. The van der Waals surface area contributed by atoms with Crippen molar-refractivity contribution in [3.8, 4) is 0 Å². The summed E-state index contributed by atoms with van der Waals surface area (Å²) in [5.41, 5.74) is 1.86. The van der Waals surface area contributed by atoms with Crippen molar-refractivity contribution >= 4 is 45.6 Å². The predicted molar refractivity (Wildman–Crippen MR) is 85.1 cm³/mol. The highest BCUT2D eigenvalue weighted by molar-refractivity contribution is 7.09. The lowest BCUT2D eigenvalue weighted by Crippen LogP contribution is -2.11. The van der Waals surface area contributed by atoms with Gasteiger partial charge in [-0.05, 0) is 19.1 Å². The molecule has 3 aromatic rings. The number of hydrogen-bond acceptors (Lipinski definition) is 3. The molecule has 0 spiro atoms. The van der Waals surface area contributed by atoms with E-state index in [1.165, 1.54) is 0 Å². The van der Waals surface area contributed by atoms with Gasteiger partial charge < -0.3 is 4.57 Å². The third kappa shape index (κ3) is 2.32. The van der Waals surface area contributed by atoms with Crippen LogP contribution in [0.4, 0.5) is 0 Å². The first-order valence-corrected chi connectivity index (χ1v) is 8.12. The monoisotopic (exact) mass is 325 g/mol. The van der Waals surface area contributed by atoms with E-state index in [4.69, 9.17) is 23.2 Å². The molecule has 0 fully saturated rings. The molecule has 0 amide bonds. The minimum atomic E-state index is 0.0955. The van der Waals surface area contributed by atoms with Gasteiger partial charge in [-0.3, -0.25) is 0 Å². The van der Waals surface area contributed by atoms with Gasteiger partial charge in [0.1, 0.15) is 10.8 Å². The normalized spacial score (nSPS) is 12.9. The minimum Gasteiger partial charge on any atom is -0.317 e. The molecule has 1 aromatic carbocycles. The van der Waals surface area contributed by atoms with Crippen LogP contribution in [0.2, 0.25) is 5.02 Å². The summed E-state index contributed by atoms with van der Waals surface area (Å²) in [4.78, 5) is 9.07. The number of nitrogens with zero attached hydrogens (tertiary/aromatic N) is 3. The summed E-state index contributed by atoms with van der Waals surface area (Å²) in [6.07, 6.45) is 2.53. The molecule has 0 saturated carbocycles. The van der Waals surface area contributed by atoms with Crippen LogP contribution in [0, 0.1) is 0 Å². The highest BCUT2D eigenvalue weighted by atomic mass is 35.5. The van der Waals surface area contributed by atoms with Crippen LogP contribution in [0.15, 0.2) is 29.8 Å². The Morgan fingerprint density at radius 2 is 2.25 bits per heavy atom. The number of aromatic nitrogens is 3. The van der Waals surface area contributed by atoms with Gasteiger partial charge in [0.2, 0.25) is 0 Å². The van der Waals surface area contributed by atoms with Crippen LogP contribution >= 0.6 is 34.5 Å². The number of hydrogen-bond donors (Lipinski definition) is 0. The summed E-state index contributed by atoms with van der Waals surface area (Å²) in [7, 11) is 0. The Kier molecular flexibility index (Phi) is 3.96. The van der Waals surface area contributed by atoms with Crippen molar-refractivity contribution in [1.82, 2.24) is 14.5 Å². The lowest BCUT2D eigenvalue weighted by molar-refractivity contribution is 0.620. The Bertz CT molecular complexity index is 721. The number of para-hydroxylation sites is 1. The summed E-state index contributed by atoms with van der Waals surface area (Å²) in [6, 6.07) is 5.88. The molecule has 1 unspecified atom stereocenters. The third-order valence-electron chi connectivity index (χ3n) is 3.25. The third-order valence-corrected chi connectivity index (χ3v) is 4.69. The summed E-state index contributed by atoms with van der Waals surface area (Å²) >= 11 is 13.9. The Morgan fingerprint density at radius 1 is 1.40 bits per heavy atom. The molecular weight excluding hydrogens is 313 g/mol. The van der Waals surface area contributed by atoms with E-state index in [0.29, 0.717) is 17.3 Å². The lowest BCUT2D eigenvalue weighted by atomic mass is 10.2. The van der Waals surface area contributed by atoms with Gasteiger partial charge in [0.05, 0.1) is 22.1 Å². The average Bonchev–Trinajstić information content (AvgIpc) is 3.06. The summed E-state index contributed by atoms with van der Waals surface area (Å²) < 4.78 is 2.15. The molecule has 2 heterocycles. The Hall–Kier alpha value is -1.10. The molecule has 2 aromatic heterocycles. The number of fused-ring (bicyclic) bond motifs is 1. The number of imidazole rings is 1. The van der Waals surface area contributed by atoms with Crippen molar-refractivity contribution in [3.63, 3.8) is 0 Å². The molecule has 6 heteroatoms. The fourth-order valence-electron chi connectivity index (χ4n) is 2.38. The van der Waals surface area contributed by atoms with Crippen molar-refractivity contribution < 1.29 is 0 Å². The van der Waals surface area contributed by atoms with Crippen LogP contribution in [-0.4, -0.2) is 20.4 Å². The molecule has 20 heavy (non-hydrogen) atoms. The van der Waals surface area contributed by atoms with Crippen LogP contribution in [0.3, 0.4) is 0 Å². The maximum absolute atomic E-state index is 6.37. The maximum atomic E-state index is 6.37. The molecule has 0 radical (unpaired) electrons. The van der Waals surface area contributed by atoms with Crippen molar-refractivity contribution in [2.24, 2.45) is 0 Å². The molecule has 0 aliphatic carbocycles. The van der Waals surface area contributed by atoms with Gasteiger partial charge >= 0.3 is 0 Å². The topological polar surface area (TPSA) is 30.7 Å². The van der Waals surface area contributed by atoms with Gasteiger partial charge in [0, 0.05) is 23.9 Å². The van der Waals surface area contributed by atoms with E-state index in [2.05, 4.69) is 21.5 Å². The van der Waals surface area contributed by atoms with Gasteiger partial charge in [-0.25, -0.2) is 9.97 Å². The summed E-state index contributed by atoms with van der Waals surface area (Å²) in [5.74, 6) is 1.48. The zero-order valence-corrected chi connectivity index (χ0v) is 13.2. The smallest absolute Gasteiger partial charge is 0.115 e. The second-order valence-electron chi connectivity index (χ2n) is 4.49. The average molecular weight is 326 g/mol. The molecule has 3 nitrogen and oxygen atoms in total. The van der Waals surface area contributed by atoms with E-state index in [1.807, 2.05) is 29.8 Å². The minimum absolute atomic E-state index is 0.0955. The predicted octanol–water partition coefficient (Wildman–Crippen LogP) is 4.54. The molecule has 0 bridgehead atoms. The number of rotatable bonds is 4. The molecule has 1 atom stereocenters. The fourth-order valence-corrected chi connectivity index (χ4v) is 3.50. The van der Waals surface area contributed by atoms with Gasteiger partial charge in [0.15, 0.2) is 0 Å². The van der Waals surface area contributed by atoms with Crippen molar-refractivity contribution in [2.75, 3.05) is 5.88 Å². The first-order valence-electron chi connectivity index (χ1n) is 6.33. The highest BCUT2D eigenvalue weighted by Gasteiger charge is 2.20. The van der Waals surface area contributed by atoms with E-state index < -0.39 is 0 Å². The number of halogens is 2. The molecule has 0 N–H and O–H groups in total. The molecule has 0 saturated heterocycles. The number of benzene rings is 1. The lowest BCUT2D eigenvalue weighted by Gasteiger charge is -2.15. The highest BCUT2D eigenvalue weighted by Crippen LogP contribution is 2.31. The van der Waals surface area contributed by atoms with Crippen LogP contribution < -0.4 is 0 Å². The second-order valence-corrected chi connectivity index (χ2v) is 6.20. The Morgan fingerprint density at radius 3 is 2.95 bits per heavy atom. The van der Waals surface area contributed by atoms with Crippen LogP contribution in [0.5, 0.6) is 0 Å². The Labute approximate surface area is 131 Å². The largest absolute Gasteiger partial charge is 0.317 e.